The first-order valence-electron chi connectivity index (χ1n) is 6.38. The first kappa shape index (κ1) is 16.6. The average molecular weight is 345 g/mol. The van der Waals surface area contributed by atoms with Crippen LogP contribution in [0.5, 0.6) is 0 Å². The molecule has 0 aromatic heterocycles. The Morgan fingerprint density at radius 3 is 2.55 bits per heavy atom. The average Bonchev–Trinajstić information content (AvgIpc) is 2.37. The Labute approximate surface area is 126 Å². The van der Waals surface area contributed by atoms with Gasteiger partial charge in [-0.3, -0.25) is 9.59 Å². The lowest BCUT2D eigenvalue weighted by Gasteiger charge is -2.21. The van der Waals surface area contributed by atoms with E-state index in [0.717, 1.165) is 0 Å². The number of likely N-dealkylation sites (N-methyl/N-ethyl adjacent to an activating group) is 1. The molecule has 4 nitrogen and oxygen atoms in total. The van der Waals surface area contributed by atoms with E-state index in [2.05, 4.69) is 21.2 Å². The van der Waals surface area contributed by atoms with Crippen LogP contribution in [0.1, 0.15) is 31.1 Å². The van der Waals surface area contributed by atoms with Crippen LogP contribution < -0.4 is 5.32 Å². The van der Waals surface area contributed by atoms with Crippen LogP contribution in [-0.4, -0.2) is 35.8 Å². The highest BCUT2D eigenvalue weighted by molar-refractivity contribution is 9.10. The van der Waals surface area contributed by atoms with Crippen molar-refractivity contribution in [3.8, 4) is 0 Å². The molecule has 1 aromatic carbocycles. The molecule has 0 aliphatic carbocycles. The van der Waals surface area contributed by atoms with E-state index in [1.807, 2.05) is 13.8 Å². The summed E-state index contributed by atoms with van der Waals surface area (Å²) in [6.45, 7) is 5.89. The standard InChI is InChI=1S/C14H18BrFN2O2/c1-4-18(8-13(19)17-9(2)3)14(20)10-5-6-12(16)11(15)7-10/h5-7,9H,4,8H2,1-3H3,(H,17,19). The van der Waals surface area contributed by atoms with E-state index in [-0.39, 0.29) is 28.9 Å². The van der Waals surface area contributed by atoms with Gasteiger partial charge < -0.3 is 10.2 Å². The van der Waals surface area contributed by atoms with Gasteiger partial charge in [0.05, 0.1) is 11.0 Å². The van der Waals surface area contributed by atoms with E-state index in [1.165, 1.54) is 23.1 Å². The van der Waals surface area contributed by atoms with Crippen molar-refractivity contribution < 1.29 is 14.0 Å². The second-order valence-electron chi connectivity index (χ2n) is 4.67. The molecule has 0 aliphatic rings. The molecular formula is C14H18BrFN2O2. The summed E-state index contributed by atoms with van der Waals surface area (Å²) < 4.78 is 13.4. The summed E-state index contributed by atoms with van der Waals surface area (Å²) in [6.07, 6.45) is 0. The number of nitrogens with one attached hydrogen (secondary N) is 1. The van der Waals surface area contributed by atoms with Crippen molar-refractivity contribution in [2.45, 2.75) is 26.8 Å². The molecule has 0 bridgehead atoms. The molecule has 1 rings (SSSR count). The second-order valence-corrected chi connectivity index (χ2v) is 5.52. The Bertz CT molecular complexity index is 506. The van der Waals surface area contributed by atoms with Crippen LogP contribution in [0.2, 0.25) is 0 Å². The molecule has 0 atom stereocenters. The van der Waals surface area contributed by atoms with E-state index in [4.69, 9.17) is 0 Å². The fourth-order valence-electron chi connectivity index (χ4n) is 1.68. The maximum atomic E-state index is 13.2. The van der Waals surface area contributed by atoms with Crippen LogP contribution in [0.25, 0.3) is 0 Å². The first-order chi connectivity index (χ1) is 9.35. The van der Waals surface area contributed by atoms with Gasteiger partial charge in [0.1, 0.15) is 5.82 Å². The zero-order valence-electron chi connectivity index (χ0n) is 11.7. The minimum absolute atomic E-state index is 0.0114. The maximum absolute atomic E-state index is 13.2. The van der Waals surface area contributed by atoms with Crippen LogP contribution in [-0.2, 0) is 4.79 Å². The SMILES string of the molecule is CCN(CC(=O)NC(C)C)C(=O)c1ccc(F)c(Br)c1. The number of carbonyl (C=O) groups excluding carboxylic acids is 2. The third-order valence-electron chi connectivity index (χ3n) is 2.62. The van der Waals surface area contributed by atoms with Gasteiger partial charge in [0.15, 0.2) is 0 Å². The van der Waals surface area contributed by atoms with Crippen molar-refractivity contribution in [3.63, 3.8) is 0 Å². The lowest BCUT2D eigenvalue weighted by Crippen LogP contribution is -2.42. The molecule has 110 valence electrons. The fraction of sp³-hybridized carbons (Fsp3) is 0.429. The second kappa shape index (κ2) is 7.38. The highest BCUT2D eigenvalue weighted by Gasteiger charge is 2.18. The Morgan fingerprint density at radius 2 is 2.05 bits per heavy atom. The summed E-state index contributed by atoms with van der Waals surface area (Å²) >= 11 is 3.04. The number of halogens is 2. The highest BCUT2D eigenvalue weighted by Crippen LogP contribution is 2.18. The number of rotatable bonds is 5. The molecule has 0 saturated carbocycles. The number of hydrogen-bond donors (Lipinski definition) is 1. The van der Waals surface area contributed by atoms with E-state index in [9.17, 15) is 14.0 Å². The third kappa shape index (κ3) is 4.59. The van der Waals surface area contributed by atoms with Gasteiger partial charge in [0.2, 0.25) is 5.91 Å². The van der Waals surface area contributed by atoms with Gasteiger partial charge in [-0.1, -0.05) is 0 Å². The summed E-state index contributed by atoms with van der Waals surface area (Å²) in [4.78, 5) is 25.4. The Kier molecular flexibility index (Phi) is 6.13. The van der Waals surface area contributed by atoms with Gasteiger partial charge in [0, 0.05) is 18.2 Å². The molecule has 6 heteroatoms. The van der Waals surface area contributed by atoms with Gasteiger partial charge in [-0.15, -0.1) is 0 Å². The number of carbonyl (C=O) groups is 2. The van der Waals surface area contributed by atoms with Crippen molar-refractivity contribution >= 4 is 27.7 Å². The summed E-state index contributed by atoms with van der Waals surface area (Å²) in [5.74, 6) is -0.939. The summed E-state index contributed by atoms with van der Waals surface area (Å²) in [7, 11) is 0. The molecule has 0 heterocycles. The molecule has 0 saturated heterocycles. The quantitative estimate of drug-likeness (QED) is 0.892. The number of nitrogens with zero attached hydrogens (tertiary/aromatic N) is 1. The summed E-state index contributed by atoms with van der Waals surface area (Å²) in [5, 5.41) is 2.73. The largest absolute Gasteiger partial charge is 0.352 e. The normalized spacial score (nSPS) is 10.5. The van der Waals surface area contributed by atoms with Crippen LogP contribution >= 0.6 is 15.9 Å². The van der Waals surface area contributed by atoms with Gasteiger partial charge in [-0.05, 0) is 54.9 Å². The van der Waals surface area contributed by atoms with Crippen molar-refractivity contribution in [3.05, 3.63) is 34.1 Å². The zero-order valence-corrected chi connectivity index (χ0v) is 13.3. The minimum atomic E-state index is -0.429. The van der Waals surface area contributed by atoms with E-state index in [1.54, 1.807) is 6.92 Å². The van der Waals surface area contributed by atoms with Crippen LogP contribution in [0.15, 0.2) is 22.7 Å². The Balaban J connectivity index is 2.81. The van der Waals surface area contributed by atoms with Crippen molar-refractivity contribution in [1.29, 1.82) is 0 Å². The van der Waals surface area contributed by atoms with Gasteiger partial charge >= 0.3 is 0 Å². The van der Waals surface area contributed by atoms with Gasteiger partial charge in [0.25, 0.3) is 5.91 Å². The monoisotopic (exact) mass is 344 g/mol. The predicted molar refractivity (Wildman–Crippen MR) is 79.0 cm³/mol. The summed E-state index contributed by atoms with van der Waals surface area (Å²) in [6, 6.07) is 4.07. The van der Waals surface area contributed by atoms with Crippen molar-refractivity contribution in [1.82, 2.24) is 10.2 Å². The minimum Gasteiger partial charge on any atom is -0.352 e. The van der Waals surface area contributed by atoms with Crippen molar-refractivity contribution in [2.75, 3.05) is 13.1 Å². The van der Waals surface area contributed by atoms with Crippen LogP contribution in [0.3, 0.4) is 0 Å². The Morgan fingerprint density at radius 1 is 1.40 bits per heavy atom. The smallest absolute Gasteiger partial charge is 0.254 e. The molecule has 0 radical (unpaired) electrons. The number of amides is 2. The molecule has 1 N–H and O–H groups in total. The fourth-order valence-corrected chi connectivity index (χ4v) is 2.06. The molecule has 1 aromatic rings. The van der Waals surface area contributed by atoms with Crippen molar-refractivity contribution in [2.24, 2.45) is 0 Å². The van der Waals surface area contributed by atoms with Gasteiger partial charge in [-0.25, -0.2) is 4.39 Å². The molecule has 0 fully saturated rings. The zero-order chi connectivity index (χ0) is 15.3. The van der Waals surface area contributed by atoms with Crippen LogP contribution in [0, 0.1) is 5.82 Å². The predicted octanol–water partition coefficient (Wildman–Crippen LogP) is 2.57. The van der Waals surface area contributed by atoms with E-state index < -0.39 is 5.82 Å². The lowest BCUT2D eigenvalue weighted by atomic mass is 10.2. The molecule has 2 amide bonds. The maximum Gasteiger partial charge on any atom is 0.254 e. The topological polar surface area (TPSA) is 49.4 Å². The van der Waals surface area contributed by atoms with E-state index >= 15 is 0 Å². The van der Waals surface area contributed by atoms with Crippen LogP contribution in [0.4, 0.5) is 4.39 Å². The highest BCUT2D eigenvalue weighted by atomic mass is 79.9. The molecule has 20 heavy (non-hydrogen) atoms. The number of hydrogen-bond acceptors (Lipinski definition) is 2. The number of benzene rings is 1. The molecule has 0 unspecified atom stereocenters. The molecule has 0 aliphatic heterocycles. The Hall–Kier alpha value is -1.43. The first-order valence-corrected chi connectivity index (χ1v) is 7.18. The lowest BCUT2D eigenvalue weighted by molar-refractivity contribution is -0.122. The van der Waals surface area contributed by atoms with E-state index in [0.29, 0.717) is 12.1 Å². The van der Waals surface area contributed by atoms with Gasteiger partial charge in [-0.2, -0.15) is 0 Å². The third-order valence-corrected chi connectivity index (χ3v) is 3.23. The summed E-state index contributed by atoms with van der Waals surface area (Å²) in [5.41, 5.74) is 0.345. The molecule has 0 spiro atoms. The molecular weight excluding hydrogens is 327 g/mol.